The van der Waals surface area contributed by atoms with E-state index in [0.717, 1.165) is 18.9 Å². The second kappa shape index (κ2) is 6.05. The highest BCUT2D eigenvalue weighted by atomic mass is 16.5. The van der Waals surface area contributed by atoms with Gasteiger partial charge < -0.3 is 4.74 Å². The highest BCUT2D eigenvalue weighted by molar-refractivity contribution is 5.11. The zero-order valence-corrected chi connectivity index (χ0v) is 10.9. The van der Waals surface area contributed by atoms with Crippen LogP contribution in [0.4, 0.5) is 0 Å². The second-order valence-electron chi connectivity index (χ2n) is 5.00. The van der Waals surface area contributed by atoms with E-state index in [0.29, 0.717) is 6.04 Å². The summed E-state index contributed by atoms with van der Waals surface area (Å²) in [5.74, 6) is 0.885. The van der Waals surface area contributed by atoms with Gasteiger partial charge in [0, 0.05) is 12.6 Å². The van der Waals surface area contributed by atoms with Gasteiger partial charge in [0.2, 0.25) is 0 Å². The van der Waals surface area contributed by atoms with Crippen molar-refractivity contribution in [3.8, 4) is 5.75 Å². The van der Waals surface area contributed by atoms with Crippen LogP contribution in [-0.2, 0) is 0 Å². The zero-order chi connectivity index (χ0) is 12.1. The molecule has 0 spiro atoms. The van der Waals surface area contributed by atoms with Gasteiger partial charge in [0.1, 0.15) is 6.61 Å². The summed E-state index contributed by atoms with van der Waals surface area (Å²) in [6.45, 7) is 8.49. The Hall–Kier alpha value is -1.03. The number of aromatic nitrogens is 2. The first-order chi connectivity index (χ1) is 8.25. The van der Waals surface area contributed by atoms with Crippen LogP contribution in [0.3, 0.4) is 0 Å². The average molecular weight is 237 g/mol. The van der Waals surface area contributed by atoms with Crippen molar-refractivity contribution < 1.29 is 4.74 Å². The maximum absolute atomic E-state index is 5.71. The molecule has 1 aliphatic heterocycles. The molecule has 0 amide bonds. The Balaban J connectivity index is 1.70. The molecule has 1 aromatic heterocycles. The van der Waals surface area contributed by atoms with Crippen molar-refractivity contribution in [3.05, 3.63) is 12.4 Å². The Morgan fingerprint density at radius 1 is 1.29 bits per heavy atom. The molecule has 0 bridgehead atoms. The largest absolute Gasteiger partial charge is 0.489 e. The molecular weight excluding hydrogens is 214 g/mol. The molecule has 2 rings (SSSR count). The molecule has 2 heterocycles. The molecule has 4 heteroatoms. The van der Waals surface area contributed by atoms with Crippen molar-refractivity contribution in [2.45, 2.75) is 39.2 Å². The molecule has 0 unspecified atom stereocenters. The molecule has 4 nitrogen and oxygen atoms in total. The zero-order valence-electron chi connectivity index (χ0n) is 10.9. The molecule has 0 saturated carbocycles. The average Bonchev–Trinajstić information content (AvgIpc) is 2.79. The van der Waals surface area contributed by atoms with Crippen LogP contribution in [0.5, 0.6) is 5.75 Å². The molecule has 0 atom stereocenters. The maximum atomic E-state index is 5.71. The van der Waals surface area contributed by atoms with Gasteiger partial charge in [0.25, 0.3) is 0 Å². The first-order valence-corrected chi connectivity index (χ1v) is 6.65. The molecule has 0 N–H and O–H groups in total. The maximum Gasteiger partial charge on any atom is 0.157 e. The lowest BCUT2D eigenvalue weighted by molar-refractivity contribution is 0.183. The molecule has 0 aliphatic carbocycles. The fourth-order valence-electron chi connectivity index (χ4n) is 2.15. The second-order valence-corrected chi connectivity index (χ2v) is 5.00. The van der Waals surface area contributed by atoms with E-state index in [2.05, 4.69) is 23.8 Å². The van der Waals surface area contributed by atoms with Crippen molar-refractivity contribution in [3.63, 3.8) is 0 Å². The van der Waals surface area contributed by atoms with Gasteiger partial charge in [0.05, 0.1) is 12.4 Å². The lowest BCUT2D eigenvalue weighted by Crippen LogP contribution is -2.33. The number of nitrogens with zero attached hydrogens (tertiary/aromatic N) is 3. The van der Waals surface area contributed by atoms with Gasteiger partial charge >= 0.3 is 0 Å². The summed E-state index contributed by atoms with van der Waals surface area (Å²) in [5, 5.41) is 4.26. The van der Waals surface area contributed by atoms with E-state index in [9.17, 15) is 0 Å². The Morgan fingerprint density at radius 2 is 2.06 bits per heavy atom. The first kappa shape index (κ1) is 12.4. The summed E-state index contributed by atoms with van der Waals surface area (Å²) >= 11 is 0. The highest BCUT2D eigenvalue weighted by Crippen LogP contribution is 2.13. The van der Waals surface area contributed by atoms with Crippen LogP contribution >= 0.6 is 0 Å². The fourth-order valence-corrected chi connectivity index (χ4v) is 2.15. The topological polar surface area (TPSA) is 30.3 Å². The van der Waals surface area contributed by atoms with Crippen LogP contribution < -0.4 is 4.74 Å². The van der Waals surface area contributed by atoms with Crippen LogP contribution in [-0.4, -0.2) is 40.9 Å². The molecule has 0 aromatic carbocycles. The molecule has 1 aromatic rings. The van der Waals surface area contributed by atoms with Crippen LogP contribution in [0.1, 0.15) is 39.2 Å². The summed E-state index contributed by atoms with van der Waals surface area (Å²) in [6, 6.07) is 0.398. The molecule has 1 fully saturated rings. The van der Waals surface area contributed by atoms with E-state index in [4.69, 9.17) is 4.74 Å². The summed E-state index contributed by atoms with van der Waals surface area (Å²) in [6.07, 6.45) is 7.84. The van der Waals surface area contributed by atoms with Crippen molar-refractivity contribution in [1.29, 1.82) is 0 Å². The number of ether oxygens (including phenoxy) is 1. The Bertz CT molecular complexity index is 329. The lowest BCUT2D eigenvalue weighted by Gasteiger charge is -2.25. The van der Waals surface area contributed by atoms with Crippen molar-refractivity contribution in [1.82, 2.24) is 14.7 Å². The van der Waals surface area contributed by atoms with Crippen molar-refractivity contribution in [2.75, 3.05) is 26.2 Å². The van der Waals surface area contributed by atoms with E-state index in [-0.39, 0.29) is 0 Å². The summed E-state index contributed by atoms with van der Waals surface area (Å²) in [4.78, 5) is 2.48. The molecule has 1 saturated heterocycles. The van der Waals surface area contributed by atoms with E-state index in [1.807, 2.05) is 10.9 Å². The lowest BCUT2D eigenvalue weighted by atomic mass is 10.1. The monoisotopic (exact) mass is 237 g/mol. The minimum Gasteiger partial charge on any atom is -0.489 e. The third kappa shape index (κ3) is 3.73. The van der Waals surface area contributed by atoms with E-state index >= 15 is 0 Å². The van der Waals surface area contributed by atoms with Gasteiger partial charge in [-0.3, -0.25) is 9.58 Å². The van der Waals surface area contributed by atoms with E-state index in [1.54, 1.807) is 6.20 Å². The molecular formula is C13H23N3O. The number of rotatable bonds is 5. The smallest absolute Gasteiger partial charge is 0.157 e. The van der Waals surface area contributed by atoms with Crippen LogP contribution in [0, 0.1) is 0 Å². The first-order valence-electron chi connectivity index (χ1n) is 6.65. The Morgan fingerprint density at radius 3 is 2.71 bits per heavy atom. The Labute approximate surface area is 104 Å². The van der Waals surface area contributed by atoms with Crippen LogP contribution in [0.25, 0.3) is 0 Å². The molecule has 1 aliphatic rings. The number of piperidine rings is 1. The van der Waals surface area contributed by atoms with E-state index < -0.39 is 0 Å². The predicted molar refractivity (Wildman–Crippen MR) is 68.4 cm³/mol. The number of hydrogen-bond acceptors (Lipinski definition) is 3. The van der Waals surface area contributed by atoms with Crippen molar-refractivity contribution in [2.24, 2.45) is 0 Å². The molecule has 17 heavy (non-hydrogen) atoms. The van der Waals surface area contributed by atoms with E-state index in [1.165, 1.54) is 32.4 Å². The minimum atomic E-state index is 0.398. The van der Waals surface area contributed by atoms with Gasteiger partial charge in [-0.25, -0.2) is 0 Å². The third-order valence-corrected chi connectivity index (χ3v) is 3.23. The minimum absolute atomic E-state index is 0.398. The summed E-state index contributed by atoms with van der Waals surface area (Å²) in [7, 11) is 0. The Kier molecular flexibility index (Phi) is 4.42. The summed E-state index contributed by atoms with van der Waals surface area (Å²) < 4.78 is 7.64. The highest BCUT2D eigenvalue weighted by Gasteiger charge is 2.09. The summed E-state index contributed by atoms with van der Waals surface area (Å²) in [5.41, 5.74) is 0. The van der Waals surface area contributed by atoms with Gasteiger partial charge in [-0.05, 0) is 39.8 Å². The predicted octanol–water partition coefficient (Wildman–Crippen LogP) is 2.33. The SMILES string of the molecule is CC(C)n1cc(OCCN2CCCCC2)cn1. The van der Waals surface area contributed by atoms with Crippen molar-refractivity contribution >= 4 is 0 Å². The van der Waals surface area contributed by atoms with Crippen LogP contribution in [0.15, 0.2) is 12.4 Å². The quantitative estimate of drug-likeness (QED) is 0.787. The number of likely N-dealkylation sites (tertiary alicyclic amines) is 1. The van der Waals surface area contributed by atoms with Crippen LogP contribution in [0.2, 0.25) is 0 Å². The van der Waals surface area contributed by atoms with Gasteiger partial charge in [-0.1, -0.05) is 6.42 Å². The normalized spacial score (nSPS) is 17.6. The molecule has 0 radical (unpaired) electrons. The number of hydrogen-bond donors (Lipinski definition) is 0. The fraction of sp³-hybridized carbons (Fsp3) is 0.769. The van der Waals surface area contributed by atoms with Gasteiger partial charge in [-0.15, -0.1) is 0 Å². The standard InChI is InChI=1S/C13H23N3O/c1-12(2)16-11-13(10-14-16)17-9-8-15-6-4-3-5-7-15/h10-12H,3-9H2,1-2H3. The van der Waals surface area contributed by atoms with Gasteiger partial charge in [-0.2, -0.15) is 5.10 Å². The molecule has 96 valence electrons. The third-order valence-electron chi connectivity index (χ3n) is 3.23. The van der Waals surface area contributed by atoms with Gasteiger partial charge in [0.15, 0.2) is 5.75 Å².